The molecule has 1 atom stereocenters. The molecule has 3 heteroatoms. The van der Waals surface area contributed by atoms with Gasteiger partial charge in [0.2, 0.25) is 0 Å². The summed E-state index contributed by atoms with van der Waals surface area (Å²) in [6.07, 6.45) is 1.01. The molecule has 0 amide bonds. The number of ether oxygens (including phenoxy) is 2. The molecule has 1 aliphatic heterocycles. The first-order chi connectivity index (χ1) is 7.97. The molecule has 1 aliphatic rings. The Morgan fingerprint density at radius 1 is 1.24 bits per heavy atom. The molecule has 17 heavy (non-hydrogen) atoms. The SMILES string of the molecule is CC(CC#CCN1CCOCC1)OC(C)(C)C. The van der Waals surface area contributed by atoms with Crippen LogP contribution in [0.1, 0.15) is 34.1 Å². The van der Waals surface area contributed by atoms with Crippen molar-refractivity contribution in [3.05, 3.63) is 0 Å². The van der Waals surface area contributed by atoms with Crippen molar-refractivity contribution in [2.24, 2.45) is 0 Å². The van der Waals surface area contributed by atoms with Gasteiger partial charge in [-0.3, -0.25) is 4.90 Å². The Morgan fingerprint density at radius 3 is 2.47 bits per heavy atom. The van der Waals surface area contributed by atoms with Crippen LogP contribution in [-0.2, 0) is 9.47 Å². The standard InChI is InChI=1S/C14H25NO2/c1-13(17-14(2,3)4)7-5-6-8-15-9-11-16-12-10-15/h13H,7-12H2,1-4H3. The van der Waals surface area contributed by atoms with Crippen molar-refractivity contribution < 1.29 is 9.47 Å². The van der Waals surface area contributed by atoms with Crippen molar-refractivity contribution >= 4 is 0 Å². The summed E-state index contributed by atoms with van der Waals surface area (Å²) in [5.41, 5.74) is -0.0781. The largest absolute Gasteiger partial charge is 0.379 e. The van der Waals surface area contributed by atoms with E-state index in [2.05, 4.69) is 44.4 Å². The summed E-state index contributed by atoms with van der Waals surface area (Å²) in [6, 6.07) is 0. The fourth-order valence-electron chi connectivity index (χ4n) is 1.79. The summed E-state index contributed by atoms with van der Waals surface area (Å²) in [5.74, 6) is 6.41. The van der Waals surface area contributed by atoms with E-state index in [4.69, 9.17) is 9.47 Å². The maximum Gasteiger partial charge on any atom is 0.0663 e. The minimum absolute atomic E-state index is 0.0781. The zero-order chi connectivity index (χ0) is 12.7. The van der Waals surface area contributed by atoms with Crippen LogP contribution >= 0.6 is 0 Å². The third-order valence-corrected chi connectivity index (χ3v) is 2.48. The van der Waals surface area contributed by atoms with Gasteiger partial charge in [0.1, 0.15) is 0 Å². The van der Waals surface area contributed by atoms with Gasteiger partial charge in [0.15, 0.2) is 0 Å². The minimum Gasteiger partial charge on any atom is -0.379 e. The molecule has 0 N–H and O–H groups in total. The van der Waals surface area contributed by atoms with Crippen molar-refractivity contribution in [1.29, 1.82) is 0 Å². The summed E-state index contributed by atoms with van der Waals surface area (Å²) in [6.45, 7) is 12.8. The van der Waals surface area contributed by atoms with Gasteiger partial charge in [-0.1, -0.05) is 11.8 Å². The van der Waals surface area contributed by atoms with Crippen LogP contribution in [-0.4, -0.2) is 49.5 Å². The maximum atomic E-state index is 5.79. The van der Waals surface area contributed by atoms with E-state index in [1.54, 1.807) is 0 Å². The van der Waals surface area contributed by atoms with E-state index in [1.807, 2.05) is 0 Å². The van der Waals surface area contributed by atoms with E-state index < -0.39 is 0 Å². The number of rotatable bonds is 3. The number of hydrogen-bond acceptors (Lipinski definition) is 3. The summed E-state index contributed by atoms with van der Waals surface area (Å²) in [4.78, 5) is 2.33. The van der Waals surface area contributed by atoms with Crippen LogP contribution in [0.15, 0.2) is 0 Å². The van der Waals surface area contributed by atoms with Gasteiger partial charge < -0.3 is 9.47 Å². The smallest absolute Gasteiger partial charge is 0.0663 e. The molecule has 0 spiro atoms. The lowest BCUT2D eigenvalue weighted by Gasteiger charge is -2.24. The van der Waals surface area contributed by atoms with Crippen molar-refractivity contribution in [2.75, 3.05) is 32.8 Å². The number of nitrogens with zero attached hydrogens (tertiary/aromatic N) is 1. The molecule has 0 saturated carbocycles. The van der Waals surface area contributed by atoms with Crippen LogP contribution in [0, 0.1) is 11.8 Å². The van der Waals surface area contributed by atoms with Crippen molar-refractivity contribution in [3.63, 3.8) is 0 Å². The van der Waals surface area contributed by atoms with Crippen molar-refractivity contribution in [3.8, 4) is 11.8 Å². The van der Waals surface area contributed by atoms with Crippen molar-refractivity contribution in [1.82, 2.24) is 4.90 Å². The summed E-state index contributed by atoms with van der Waals surface area (Å²) >= 11 is 0. The lowest BCUT2D eigenvalue weighted by Crippen LogP contribution is -2.36. The second-order valence-corrected chi connectivity index (χ2v) is 5.49. The molecule has 0 radical (unpaired) electrons. The van der Waals surface area contributed by atoms with Gasteiger partial charge in [-0.05, 0) is 27.7 Å². The molecule has 0 aromatic heterocycles. The molecule has 0 bridgehead atoms. The van der Waals surface area contributed by atoms with E-state index in [1.165, 1.54) is 0 Å². The summed E-state index contributed by atoms with van der Waals surface area (Å²) < 4.78 is 11.1. The Kier molecular flexibility index (Phi) is 5.97. The second-order valence-electron chi connectivity index (χ2n) is 5.49. The van der Waals surface area contributed by atoms with Gasteiger partial charge in [-0.2, -0.15) is 0 Å². The topological polar surface area (TPSA) is 21.7 Å². The van der Waals surface area contributed by atoms with Gasteiger partial charge in [0, 0.05) is 19.5 Å². The lowest BCUT2D eigenvalue weighted by molar-refractivity contribution is -0.0485. The normalized spacial score (nSPS) is 19.5. The Balaban J connectivity index is 2.16. The second kappa shape index (κ2) is 7.00. The summed E-state index contributed by atoms with van der Waals surface area (Å²) in [5, 5.41) is 0. The van der Waals surface area contributed by atoms with Crippen LogP contribution in [0.2, 0.25) is 0 Å². The molecule has 98 valence electrons. The van der Waals surface area contributed by atoms with Crippen LogP contribution in [0.5, 0.6) is 0 Å². The molecule has 0 aromatic carbocycles. The lowest BCUT2D eigenvalue weighted by atomic mass is 10.1. The highest BCUT2D eigenvalue weighted by molar-refractivity contribution is 5.02. The molecule has 1 fully saturated rings. The average molecular weight is 239 g/mol. The molecule has 0 aliphatic carbocycles. The highest BCUT2D eigenvalue weighted by atomic mass is 16.5. The molecule has 0 aromatic rings. The first-order valence-electron chi connectivity index (χ1n) is 6.41. The molecular formula is C14H25NO2. The molecule has 1 unspecified atom stereocenters. The first kappa shape index (κ1) is 14.5. The van der Waals surface area contributed by atoms with Crippen LogP contribution in [0.3, 0.4) is 0 Å². The summed E-state index contributed by atoms with van der Waals surface area (Å²) in [7, 11) is 0. The van der Waals surface area contributed by atoms with Gasteiger partial charge in [0.25, 0.3) is 0 Å². The quantitative estimate of drug-likeness (QED) is 0.702. The van der Waals surface area contributed by atoms with E-state index in [9.17, 15) is 0 Å². The Labute approximate surface area is 105 Å². The fraction of sp³-hybridized carbons (Fsp3) is 0.857. The predicted molar refractivity (Wildman–Crippen MR) is 70.0 cm³/mol. The minimum atomic E-state index is -0.0781. The van der Waals surface area contributed by atoms with E-state index in [0.717, 1.165) is 39.3 Å². The molecule has 1 saturated heterocycles. The van der Waals surface area contributed by atoms with Crippen LogP contribution < -0.4 is 0 Å². The Morgan fingerprint density at radius 2 is 1.88 bits per heavy atom. The molecular weight excluding hydrogens is 214 g/mol. The highest BCUT2D eigenvalue weighted by Crippen LogP contribution is 2.11. The van der Waals surface area contributed by atoms with Gasteiger partial charge in [-0.15, -0.1) is 0 Å². The van der Waals surface area contributed by atoms with E-state index in [-0.39, 0.29) is 11.7 Å². The van der Waals surface area contributed by atoms with Gasteiger partial charge in [0.05, 0.1) is 31.5 Å². The molecule has 3 nitrogen and oxygen atoms in total. The first-order valence-corrected chi connectivity index (χ1v) is 6.41. The third-order valence-electron chi connectivity index (χ3n) is 2.48. The number of morpholine rings is 1. The zero-order valence-electron chi connectivity index (χ0n) is 11.6. The van der Waals surface area contributed by atoms with Crippen LogP contribution in [0.25, 0.3) is 0 Å². The third kappa shape index (κ3) is 7.38. The van der Waals surface area contributed by atoms with Crippen molar-refractivity contribution in [2.45, 2.75) is 45.8 Å². The maximum absolute atomic E-state index is 5.79. The Hall–Kier alpha value is -0.560. The molecule has 1 heterocycles. The predicted octanol–water partition coefficient (Wildman–Crippen LogP) is 1.92. The fourth-order valence-corrected chi connectivity index (χ4v) is 1.79. The monoisotopic (exact) mass is 239 g/mol. The molecule has 1 rings (SSSR count). The van der Waals surface area contributed by atoms with Crippen LogP contribution in [0.4, 0.5) is 0 Å². The average Bonchev–Trinajstić information content (AvgIpc) is 2.23. The van der Waals surface area contributed by atoms with Gasteiger partial charge in [-0.25, -0.2) is 0 Å². The Bertz CT molecular complexity index is 266. The number of hydrogen-bond donors (Lipinski definition) is 0. The highest BCUT2D eigenvalue weighted by Gasteiger charge is 2.14. The van der Waals surface area contributed by atoms with Gasteiger partial charge >= 0.3 is 0 Å². The van der Waals surface area contributed by atoms with E-state index >= 15 is 0 Å². The van der Waals surface area contributed by atoms with E-state index in [0.29, 0.717) is 0 Å². The zero-order valence-corrected chi connectivity index (χ0v) is 11.6.